The van der Waals surface area contributed by atoms with E-state index in [9.17, 15) is 9.59 Å². The number of hydrogen-bond acceptors (Lipinski definition) is 3. The Morgan fingerprint density at radius 3 is 2.75 bits per heavy atom. The van der Waals surface area contributed by atoms with Crippen LogP contribution in [0.4, 0.5) is 4.79 Å². The van der Waals surface area contributed by atoms with Crippen molar-refractivity contribution in [2.45, 2.75) is 31.2 Å². The van der Waals surface area contributed by atoms with Gasteiger partial charge >= 0.3 is 6.03 Å². The normalized spacial score (nSPS) is 22.8. The molecule has 6 nitrogen and oxygen atoms in total. The Labute approximate surface area is 140 Å². The highest BCUT2D eigenvalue weighted by atomic mass is 16.2. The van der Waals surface area contributed by atoms with Crippen LogP contribution in [0.25, 0.3) is 0 Å². The summed E-state index contributed by atoms with van der Waals surface area (Å²) in [4.78, 5) is 26.7. The number of carbonyl (C=O) groups excluding carboxylic acids is 2. The Kier molecular flexibility index (Phi) is 3.40. The number of imide groups is 1. The summed E-state index contributed by atoms with van der Waals surface area (Å²) in [5.74, 6) is -0.0934. The van der Waals surface area contributed by atoms with Crippen LogP contribution in [0.1, 0.15) is 23.2 Å². The number of nitrogens with one attached hydrogen (secondary N) is 1. The van der Waals surface area contributed by atoms with Crippen molar-refractivity contribution >= 4 is 11.9 Å². The van der Waals surface area contributed by atoms with E-state index in [1.165, 1.54) is 10.5 Å². The van der Waals surface area contributed by atoms with Crippen molar-refractivity contribution in [3.63, 3.8) is 0 Å². The quantitative estimate of drug-likeness (QED) is 0.869. The summed E-state index contributed by atoms with van der Waals surface area (Å²) in [5, 5.41) is 7.09. The minimum atomic E-state index is -0.766. The topological polar surface area (TPSA) is 67.2 Å². The molecule has 1 spiro atoms. The standard InChI is InChI=1S/C18H20N4O2/c1-21-15(7-10-19-21)8-11-22-16(23)18(20-17(22)24)9-6-13-4-2-3-5-14(13)12-18/h2-5,7,10H,6,8-9,11-12H2,1H3,(H,20,24). The lowest BCUT2D eigenvalue weighted by Gasteiger charge is -2.32. The van der Waals surface area contributed by atoms with Gasteiger partial charge in [0.1, 0.15) is 5.54 Å². The van der Waals surface area contributed by atoms with Gasteiger partial charge in [0.05, 0.1) is 0 Å². The smallest absolute Gasteiger partial charge is 0.323 e. The molecule has 2 aromatic rings. The van der Waals surface area contributed by atoms with Gasteiger partial charge in [0.2, 0.25) is 0 Å². The van der Waals surface area contributed by atoms with Crippen LogP contribution in [0.5, 0.6) is 0 Å². The highest BCUT2D eigenvalue weighted by Crippen LogP contribution is 2.33. The first-order valence-corrected chi connectivity index (χ1v) is 8.27. The molecular formula is C18H20N4O2. The van der Waals surface area contributed by atoms with Crippen LogP contribution in [0.3, 0.4) is 0 Å². The summed E-state index contributed by atoms with van der Waals surface area (Å²) in [7, 11) is 1.86. The number of amides is 3. The van der Waals surface area contributed by atoms with Gasteiger partial charge < -0.3 is 5.32 Å². The summed E-state index contributed by atoms with van der Waals surface area (Å²) >= 11 is 0. The minimum Gasteiger partial charge on any atom is -0.323 e. The maximum atomic E-state index is 13.0. The van der Waals surface area contributed by atoms with Gasteiger partial charge in [-0.05, 0) is 30.0 Å². The number of hydrogen-bond donors (Lipinski definition) is 1. The molecule has 4 rings (SSSR count). The van der Waals surface area contributed by atoms with Crippen molar-refractivity contribution in [2.75, 3.05) is 6.54 Å². The largest absolute Gasteiger partial charge is 0.325 e. The number of aryl methyl sites for hydroxylation is 2. The third-order valence-electron chi connectivity index (χ3n) is 5.19. The van der Waals surface area contributed by atoms with Gasteiger partial charge in [-0.15, -0.1) is 0 Å². The molecule has 1 aliphatic carbocycles. The van der Waals surface area contributed by atoms with Crippen molar-refractivity contribution in [1.82, 2.24) is 20.0 Å². The number of rotatable bonds is 3. The zero-order valence-corrected chi connectivity index (χ0v) is 13.7. The van der Waals surface area contributed by atoms with Crippen molar-refractivity contribution in [3.05, 3.63) is 53.3 Å². The molecule has 1 saturated heterocycles. The van der Waals surface area contributed by atoms with E-state index in [0.29, 0.717) is 25.8 Å². The Bertz CT molecular complexity index is 813. The van der Waals surface area contributed by atoms with Crippen LogP contribution in [0.15, 0.2) is 36.5 Å². The van der Waals surface area contributed by atoms with Gasteiger partial charge in [-0.2, -0.15) is 5.10 Å². The lowest BCUT2D eigenvalue weighted by Crippen LogP contribution is -2.51. The zero-order chi connectivity index (χ0) is 16.7. The first kappa shape index (κ1) is 14.9. The van der Waals surface area contributed by atoms with Crippen LogP contribution in [-0.4, -0.2) is 38.7 Å². The zero-order valence-electron chi connectivity index (χ0n) is 13.7. The molecule has 1 aromatic carbocycles. The lowest BCUT2D eigenvalue weighted by molar-refractivity contribution is -0.131. The lowest BCUT2D eigenvalue weighted by atomic mass is 9.78. The van der Waals surface area contributed by atoms with Gasteiger partial charge in [0, 0.05) is 38.3 Å². The summed E-state index contributed by atoms with van der Waals surface area (Å²) in [6.07, 6.45) is 4.40. The number of benzene rings is 1. The van der Waals surface area contributed by atoms with Gasteiger partial charge in [-0.25, -0.2) is 4.79 Å². The van der Waals surface area contributed by atoms with Crippen molar-refractivity contribution in [2.24, 2.45) is 7.05 Å². The van der Waals surface area contributed by atoms with Crippen LogP contribution >= 0.6 is 0 Å². The molecule has 2 heterocycles. The Hall–Kier alpha value is -2.63. The average molecular weight is 324 g/mol. The maximum absolute atomic E-state index is 13.0. The molecule has 1 aliphatic heterocycles. The number of carbonyl (C=O) groups is 2. The number of aromatic nitrogens is 2. The van der Waals surface area contributed by atoms with Gasteiger partial charge in [0.15, 0.2) is 0 Å². The molecule has 1 atom stereocenters. The molecule has 0 radical (unpaired) electrons. The van der Waals surface area contributed by atoms with Crippen LogP contribution < -0.4 is 5.32 Å². The van der Waals surface area contributed by atoms with E-state index < -0.39 is 5.54 Å². The van der Waals surface area contributed by atoms with Crippen molar-refractivity contribution in [3.8, 4) is 0 Å². The van der Waals surface area contributed by atoms with E-state index >= 15 is 0 Å². The molecular weight excluding hydrogens is 304 g/mol. The molecule has 2 aliphatic rings. The predicted octanol–water partition coefficient (Wildman–Crippen LogP) is 1.44. The molecule has 24 heavy (non-hydrogen) atoms. The summed E-state index contributed by atoms with van der Waals surface area (Å²) in [6, 6.07) is 9.79. The van der Waals surface area contributed by atoms with Crippen molar-refractivity contribution < 1.29 is 9.59 Å². The summed E-state index contributed by atoms with van der Waals surface area (Å²) in [5.41, 5.74) is 2.67. The molecule has 1 N–H and O–H groups in total. The van der Waals surface area contributed by atoms with E-state index in [1.807, 2.05) is 31.3 Å². The van der Waals surface area contributed by atoms with E-state index in [-0.39, 0.29) is 11.9 Å². The monoisotopic (exact) mass is 324 g/mol. The third-order valence-corrected chi connectivity index (χ3v) is 5.19. The molecule has 3 amide bonds. The minimum absolute atomic E-state index is 0.0934. The maximum Gasteiger partial charge on any atom is 0.325 e. The van der Waals surface area contributed by atoms with E-state index in [0.717, 1.165) is 17.7 Å². The van der Waals surface area contributed by atoms with Crippen LogP contribution in [0, 0.1) is 0 Å². The van der Waals surface area contributed by atoms with Crippen LogP contribution in [-0.2, 0) is 31.1 Å². The number of nitrogens with zero attached hydrogens (tertiary/aromatic N) is 3. The Morgan fingerprint density at radius 2 is 2.00 bits per heavy atom. The predicted molar refractivity (Wildman–Crippen MR) is 88.4 cm³/mol. The average Bonchev–Trinajstić information content (AvgIpc) is 3.08. The molecule has 1 fully saturated rings. The fraction of sp³-hybridized carbons (Fsp3) is 0.389. The fourth-order valence-corrected chi connectivity index (χ4v) is 3.78. The van der Waals surface area contributed by atoms with E-state index in [4.69, 9.17) is 0 Å². The second-order valence-corrected chi connectivity index (χ2v) is 6.61. The number of urea groups is 1. The fourth-order valence-electron chi connectivity index (χ4n) is 3.78. The van der Waals surface area contributed by atoms with E-state index in [2.05, 4.69) is 16.5 Å². The Morgan fingerprint density at radius 1 is 1.21 bits per heavy atom. The SMILES string of the molecule is Cn1nccc1CCN1C(=O)NC2(CCc3ccccc3C2)C1=O. The first-order valence-electron chi connectivity index (χ1n) is 8.27. The first-order chi connectivity index (χ1) is 11.6. The van der Waals surface area contributed by atoms with Gasteiger partial charge in [-0.3, -0.25) is 14.4 Å². The van der Waals surface area contributed by atoms with Crippen LogP contribution in [0.2, 0.25) is 0 Å². The molecule has 124 valence electrons. The molecule has 6 heteroatoms. The molecule has 0 saturated carbocycles. The van der Waals surface area contributed by atoms with Crippen molar-refractivity contribution in [1.29, 1.82) is 0 Å². The second kappa shape index (κ2) is 5.47. The number of fused-ring (bicyclic) bond motifs is 1. The molecule has 1 aromatic heterocycles. The Balaban J connectivity index is 1.53. The highest BCUT2D eigenvalue weighted by molar-refractivity contribution is 6.07. The van der Waals surface area contributed by atoms with Gasteiger partial charge in [-0.1, -0.05) is 24.3 Å². The molecule has 1 unspecified atom stereocenters. The summed E-state index contributed by atoms with van der Waals surface area (Å²) < 4.78 is 1.77. The van der Waals surface area contributed by atoms with Gasteiger partial charge in [0.25, 0.3) is 5.91 Å². The van der Waals surface area contributed by atoms with E-state index in [1.54, 1.807) is 10.9 Å². The third kappa shape index (κ3) is 2.29. The summed E-state index contributed by atoms with van der Waals surface area (Å²) in [6.45, 7) is 0.383. The molecule has 0 bridgehead atoms. The highest BCUT2D eigenvalue weighted by Gasteiger charge is 2.52. The second-order valence-electron chi connectivity index (χ2n) is 6.61.